The number of hydrogen-bond donors (Lipinski definition) is 1. The van der Waals surface area contributed by atoms with Crippen molar-refractivity contribution in [3.63, 3.8) is 0 Å². The van der Waals surface area contributed by atoms with Gasteiger partial charge in [-0.05, 0) is 19.1 Å². The third-order valence-electron chi connectivity index (χ3n) is 3.05. The van der Waals surface area contributed by atoms with Gasteiger partial charge in [0.05, 0.1) is 11.6 Å². The second-order valence-corrected chi connectivity index (χ2v) is 4.22. The molecular formula is C12H13N3O2. The molecule has 5 heteroatoms. The lowest BCUT2D eigenvalue weighted by atomic mass is 10.1. The molecule has 1 atom stereocenters. The Morgan fingerprint density at radius 3 is 3.12 bits per heavy atom. The Kier molecular flexibility index (Phi) is 2.07. The van der Waals surface area contributed by atoms with Crippen LogP contribution < -0.4 is 10.1 Å². The number of ether oxygens (including phenoxy) is 1. The normalized spacial score (nSPS) is 17.9. The van der Waals surface area contributed by atoms with Crippen LogP contribution in [0.4, 0.5) is 5.95 Å². The van der Waals surface area contributed by atoms with Gasteiger partial charge in [0.2, 0.25) is 5.95 Å². The number of anilines is 1. The van der Waals surface area contributed by atoms with Crippen LogP contribution in [0.15, 0.2) is 12.1 Å². The summed E-state index contributed by atoms with van der Waals surface area (Å²) in [5.41, 5.74) is 2.34. The average Bonchev–Trinajstić information content (AvgIpc) is 2.73. The molecule has 0 fully saturated rings. The number of aldehydes is 1. The van der Waals surface area contributed by atoms with Crippen LogP contribution in [-0.2, 0) is 0 Å². The van der Waals surface area contributed by atoms with Gasteiger partial charge < -0.3 is 14.6 Å². The van der Waals surface area contributed by atoms with E-state index >= 15 is 0 Å². The second-order valence-electron chi connectivity index (χ2n) is 4.22. The first-order valence-corrected chi connectivity index (χ1v) is 5.56. The molecule has 2 heterocycles. The topological polar surface area (TPSA) is 56.2 Å². The van der Waals surface area contributed by atoms with Crippen LogP contribution in [-0.4, -0.2) is 29.5 Å². The largest absolute Gasteiger partial charge is 0.489 e. The molecule has 0 saturated heterocycles. The first-order chi connectivity index (χ1) is 8.24. The van der Waals surface area contributed by atoms with Gasteiger partial charge in [-0.2, -0.15) is 0 Å². The highest BCUT2D eigenvalue weighted by atomic mass is 16.5. The molecule has 5 nitrogen and oxygen atoms in total. The number of nitrogens with zero attached hydrogens (tertiary/aromatic N) is 2. The Balaban J connectivity index is 2.39. The third kappa shape index (κ3) is 1.32. The summed E-state index contributed by atoms with van der Waals surface area (Å²) >= 11 is 0. The maximum Gasteiger partial charge on any atom is 0.204 e. The molecule has 1 aliphatic rings. The molecule has 0 amide bonds. The molecule has 0 radical (unpaired) electrons. The van der Waals surface area contributed by atoms with Crippen LogP contribution in [0.25, 0.3) is 11.0 Å². The molecule has 0 bridgehead atoms. The van der Waals surface area contributed by atoms with E-state index in [0.717, 1.165) is 29.0 Å². The van der Waals surface area contributed by atoms with Crippen molar-refractivity contribution in [3.05, 3.63) is 17.7 Å². The monoisotopic (exact) mass is 231 g/mol. The van der Waals surface area contributed by atoms with E-state index in [1.165, 1.54) is 0 Å². The molecular weight excluding hydrogens is 218 g/mol. The van der Waals surface area contributed by atoms with Crippen molar-refractivity contribution in [2.45, 2.75) is 13.0 Å². The van der Waals surface area contributed by atoms with E-state index in [2.05, 4.69) is 21.8 Å². The summed E-state index contributed by atoms with van der Waals surface area (Å²) in [5, 5.41) is 3.07. The highest BCUT2D eigenvalue weighted by Crippen LogP contribution is 2.36. The molecule has 3 rings (SSSR count). The van der Waals surface area contributed by atoms with Crippen LogP contribution in [0, 0.1) is 0 Å². The van der Waals surface area contributed by atoms with E-state index in [-0.39, 0.29) is 6.04 Å². The molecule has 1 N–H and O–H groups in total. The van der Waals surface area contributed by atoms with E-state index in [1.54, 1.807) is 12.1 Å². The standard InChI is InChI=1S/C12H13N3O2/c1-7-6-17-10-4-8(5-16)3-9-11(10)15(7)12(13-2)14-9/h3-5,7H,6H2,1-2H3,(H,13,14). The minimum Gasteiger partial charge on any atom is -0.489 e. The summed E-state index contributed by atoms with van der Waals surface area (Å²) in [5.74, 6) is 1.54. The first-order valence-electron chi connectivity index (χ1n) is 5.56. The van der Waals surface area contributed by atoms with Gasteiger partial charge in [-0.25, -0.2) is 4.98 Å². The summed E-state index contributed by atoms with van der Waals surface area (Å²) in [6.07, 6.45) is 0.815. The first kappa shape index (κ1) is 10.1. The van der Waals surface area contributed by atoms with Crippen molar-refractivity contribution < 1.29 is 9.53 Å². The van der Waals surface area contributed by atoms with Gasteiger partial charge in [0.25, 0.3) is 0 Å². The van der Waals surface area contributed by atoms with Crippen molar-refractivity contribution in [1.29, 1.82) is 0 Å². The zero-order valence-corrected chi connectivity index (χ0v) is 9.73. The summed E-state index contributed by atoms with van der Waals surface area (Å²) in [7, 11) is 1.84. The van der Waals surface area contributed by atoms with Gasteiger partial charge in [-0.3, -0.25) is 4.79 Å². The van der Waals surface area contributed by atoms with Crippen LogP contribution in [0.3, 0.4) is 0 Å². The summed E-state index contributed by atoms with van der Waals surface area (Å²) < 4.78 is 7.77. The lowest BCUT2D eigenvalue weighted by Crippen LogP contribution is -2.20. The lowest BCUT2D eigenvalue weighted by Gasteiger charge is -2.24. The molecule has 1 aliphatic heterocycles. The fraction of sp³-hybridized carbons (Fsp3) is 0.333. The van der Waals surface area contributed by atoms with Crippen molar-refractivity contribution >= 4 is 23.3 Å². The van der Waals surface area contributed by atoms with Crippen LogP contribution >= 0.6 is 0 Å². The maximum atomic E-state index is 10.9. The second kappa shape index (κ2) is 3.48. The van der Waals surface area contributed by atoms with E-state index in [0.29, 0.717) is 12.2 Å². The molecule has 2 aromatic rings. The number of hydrogen-bond acceptors (Lipinski definition) is 4. The van der Waals surface area contributed by atoms with Crippen molar-refractivity contribution in [1.82, 2.24) is 9.55 Å². The van der Waals surface area contributed by atoms with Gasteiger partial charge in [0.15, 0.2) is 0 Å². The van der Waals surface area contributed by atoms with Crippen molar-refractivity contribution in [2.75, 3.05) is 19.0 Å². The quantitative estimate of drug-likeness (QED) is 0.801. The molecule has 17 heavy (non-hydrogen) atoms. The fourth-order valence-electron chi connectivity index (χ4n) is 2.28. The van der Waals surface area contributed by atoms with E-state index < -0.39 is 0 Å². The Hall–Kier alpha value is -2.04. The number of carbonyl (C=O) groups excluding carboxylic acids is 1. The SMILES string of the molecule is CNc1nc2cc(C=O)cc3c2n1C(C)CO3. The Morgan fingerprint density at radius 1 is 1.59 bits per heavy atom. The van der Waals surface area contributed by atoms with Gasteiger partial charge in [-0.1, -0.05) is 0 Å². The average molecular weight is 231 g/mol. The number of aromatic nitrogens is 2. The Morgan fingerprint density at radius 2 is 2.41 bits per heavy atom. The van der Waals surface area contributed by atoms with E-state index in [1.807, 2.05) is 7.05 Å². The highest BCUT2D eigenvalue weighted by Gasteiger charge is 2.24. The molecule has 1 aromatic carbocycles. The number of benzene rings is 1. The zero-order chi connectivity index (χ0) is 12.0. The summed E-state index contributed by atoms with van der Waals surface area (Å²) in [4.78, 5) is 15.3. The van der Waals surface area contributed by atoms with Gasteiger partial charge in [-0.15, -0.1) is 0 Å². The molecule has 0 spiro atoms. The summed E-state index contributed by atoms with van der Waals surface area (Å²) in [6, 6.07) is 3.78. The van der Waals surface area contributed by atoms with Crippen molar-refractivity contribution in [2.24, 2.45) is 0 Å². The smallest absolute Gasteiger partial charge is 0.204 e. The minimum absolute atomic E-state index is 0.233. The van der Waals surface area contributed by atoms with Crippen LogP contribution in [0.1, 0.15) is 23.3 Å². The van der Waals surface area contributed by atoms with Gasteiger partial charge in [0, 0.05) is 12.6 Å². The van der Waals surface area contributed by atoms with Gasteiger partial charge in [0.1, 0.15) is 24.2 Å². The summed E-state index contributed by atoms with van der Waals surface area (Å²) in [6.45, 7) is 2.67. The van der Waals surface area contributed by atoms with Crippen LogP contribution in [0.2, 0.25) is 0 Å². The molecule has 1 unspecified atom stereocenters. The number of carbonyl (C=O) groups is 1. The number of nitrogens with one attached hydrogen (secondary N) is 1. The fourth-order valence-corrected chi connectivity index (χ4v) is 2.28. The van der Waals surface area contributed by atoms with Gasteiger partial charge >= 0.3 is 0 Å². The molecule has 88 valence electrons. The Labute approximate surface area is 98.4 Å². The number of rotatable bonds is 2. The third-order valence-corrected chi connectivity index (χ3v) is 3.05. The zero-order valence-electron chi connectivity index (χ0n) is 9.73. The predicted octanol–water partition coefficient (Wildman–Crippen LogP) is 1.84. The van der Waals surface area contributed by atoms with E-state index in [4.69, 9.17) is 4.74 Å². The lowest BCUT2D eigenvalue weighted by molar-refractivity contribution is 0.112. The molecule has 0 aliphatic carbocycles. The molecule has 0 saturated carbocycles. The molecule has 1 aromatic heterocycles. The van der Waals surface area contributed by atoms with Crippen LogP contribution in [0.5, 0.6) is 5.75 Å². The Bertz CT molecular complexity index is 603. The number of imidazole rings is 1. The van der Waals surface area contributed by atoms with E-state index in [9.17, 15) is 4.79 Å². The van der Waals surface area contributed by atoms with Crippen molar-refractivity contribution in [3.8, 4) is 5.75 Å². The minimum atomic E-state index is 0.233. The predicted molar refractivity (Wildman–Crippen MR) is 64.9 cm³/mol. The maximum absolute atomic E-state index is 10.9. The highest BCUT2D eigenvalue weighted by molar-refractivity contribution is 5.91.